The van der Waals surface area contributed by atoms with Crippen molar-refractivity contribution >= 4 is 51.5 Å². The number of fused-ring (bicyclic) bond motifs is 1. The Balaban J connectivity index is 1.88. The lowest BCUT2D eigenvalue weighted by Crippen LogP contribution is -2.40. The number of nitrogens with zero attached hydrogens (tertiary/aromatic N) is 3. The molecule has 0 saturated carbocycles. The van der Waals surface area contributed by atoms with Gasteiger partial charge in [-0.3, -0.25) is 9.59 Å². The molecule has 1 aromatic heterocycles. The lowest BCUT2D eigenvalue weighted by molar-refractivity contribution is -0.130. The molecule has 8 heteroatoms. The van der Waals surface area contributed by atoms with E-state index in [2.05, 4.69) is 0 Å². The van der Waals surface area contributed by atoms with E-state index >= 15 is 0 Å². The van der Waals surface area contributed by atoms with E-state index in [1.807, 2.05) is 12.1 Å². The molecule has 0 radical (unpaired) electrons. The Morgan fingerprint density at radius 3 is 2.17 bits per heavy atom. The monoisotopic (exact) mass is 449 g/mol. The molecule has 2 aromatic carbocycles. The molecule has 1 fully saturated rings. The first kappa shape index (κ1) is 20.2. The minimum Gasteiger partial charge on any atom is -0.343 e. The van der Waals surface area contributed by atoms with Crippen molar-refractivity contribution in [3.05, 3.63) is 61.8 Å². The smallest absolute Gasteiger partial charge is 0.274 e. The predicted molar refractivity (Wildman–Crippen MR) is 117 cm³/mol. The molecule has 2 heterocycles. The summed E-state index contributed by atoms with van der Waals surface area (Å²) in [6.45, 7) is 2.76. The molecule has 1 aliphatic heterocycles. The van der Waals surface area contributed by atoms with Crippen LogP contribution < -0.4 is 5.56 Å². The Hall–Kier alpha value is -2.08. The highest BCUT2D eigenvalue weighted by molar-refractivity contribution is 6.43. The SMILES string of the molecule is CC(=O)N1CCC(n2nc(-c3ccc(Cl)cc3)c3cc(Cl)c(Cl)cc3c2=O)CC1. The molecule has 0 bridgehead atoms. The van der Waals surface area contributed by atoms with Crippen molar-refractivity contribution in [2.45, 2.75) is 25.8 Å². The van der Waals surface area contributed by atoms with Gasteiger partial charge in [-0.1, -0.05) is 46.9 Å². The van der Waals surface area contributed by atoms with Crippen LogP contribution in [0, 0.1) is 0 Å². The number of hydrogen-bond donors (Lipinski definition) is 0. The van der Waals surface area contributed by atoms with Crippen LogP contribution in [-0.2, 0) is 4.79 Å². The van der Waals surface area contributed by atoms with Gasteiger partial charge in [-0.05, 0) is 37.1 Å². The number of likely N-dealkylation sites (tertiary alicyclic amines) is 1. The largest absolute Gasteiger partial charge is 0.343 e. The fourth-order valence-corrected chi connectivity index (χ4v) is 4.20. The Morgan fingerprint density at radius 1 is 1.00 bits per heavy atom. The Bertz CT molecular complexity index is 1150. The first-order valence-electron chi connectivity index (χ1n) is 9.28. The molecule has 0 aliphatic carbocycles. The van der Waals surface area contributed by atoms with Crippen molar-refractivity contribution in [3.8, 4) is 11.3 Å². The Morgan fingerprint density at radius 2 is 1.59 bits per heavy atom. The van der Waals surface area contributed by atoms with Gasteiger partial charge in [-0.15, -0.1) is 0 Å². The van der Waals surface area contributed by atoms with Gasteiger partial charge in [0.25, 0.3) is 5.56 Å². The fraction of sp³-hybridized carbons (Fsp3) is 0.286. The number of aromatic nitrogens is 2. The topological polar surface area (TPSA) is 55.2 Å². The lowest BCUT2D eigenvalue weighted by atomic mass is 10.0. The van der Waals surface area contributed by atoms with E-state index in [4.69, 9.17) is 39.9 Å². The third kappa shape index (κ3) is 3.87. The molecule has 1 amide bonds. The Kier molecular flexibility index (Phi) is 5.56. The number of carbonyl (C=O) groups excluding carboxylic acids is 1. The molecular weight excluding hydrogens is 433 g/mol. The second-order valence-electron chi connectivity index (χ2n) is 7.15. The van der Waals surface area contributed by atoms with Gasteiger partial charge >= 0.3 is 0 Å². The van der Waals surface area contributed by atoms with E-state index in [0.29, 0.717) is 57.5 Å². The quantitative estimate of drug-likeness (QED) is 0.539. The van der Waals surface area contributed by atoms with Crippen LogP contribution in [0.15, 0.2) is 41.2 Å². The molecular formula is C21H18Cl3N3O2. The average molecular weight is 451 g/mol. The predicted octanol–water partition coefficient (Wildman–Crippen LogP) is 5.21. The van der Waals surface area contributed by atoms with Gasteiger partial charge in [0, 0.05) is 36.0 Å². The maximum atomic E-state index is 13.2. The van der Waals surface area contributed by atoms with Crippen molar-refractivity contribution in [3.63, 3.8) is 0 Å². The third-order valence-corrected chi connectivity index (χ3v) is 6.31. The maximum absolute atomic E-state index is 13.2. The number of carbonyl (C=O) groups is 1. The molecule has 1 aliphatic rings. The van der Waals surface area contributed by atoms with Crippen molar-refractivity contribution in [1.29, 1.82) is 0 Å². The highest BCUT2D eigenvalue weighted by atomic mass is 35.5. The lowest BCUT2D eigenvalue weighted by Gasteiger charge is -2.31. The van der Waals surface area contributed by atoms with Crippen LogP contribution in [-0.4, -0.2) is 33.7 Å². The average Bonchev–Trinajstić information content (AvgIpc) is 2.71. The molecule has 3 aromatic rings. The first-order valence-corrected chi connectivity index (χ1v) is 10.4. The zero-order chi connectivity index (χ0) is 20.7. The molecule has 0 N–H and O–H groups in total. The second kappa shape index (κ2) is 7.98. The van der Waals surface area contributed by atoms with Gasteiger partial charge in [-0.2, -0.15) is 5.10 Å². The molecule has 4 rings (SSSR count). The summed E-state index contributed by atoms with van der Waals surface area (Å²) < 4.78 is 1.54. The van der Waals surface area contributed by atoms with E-state index in [-0.39, 0.29) is 17.5 Å². The highest BCUT2D eigenvalue weighted by Crippen LogP contribution is 2.33. The van der Waals surface area contributed by atoms with E-state index in [1.54, 1.807) is 36.1 Å². The molecule has 0 unspecified atom stereocenters. The van der Waals surface area contributed by atoms with Crippen LogP contribution in [0.4, 0.5) is 0 Å². The summed E-state index contributed by atoms with van der Waals surface area (Å²) in [4.78, 5) is 26.7. The van der Waals surface area contributed by atoms with Gasteiger partial charge in [-0.25, -0.2) is 4.68 Å². The highest BCUT2D eigenvalue weighted by Gasteiger charge is 2.25. The number of amides is 1. The number of halogens is 3. The van der Waals surface area contributed by atoms with Crippen molar-refractivity contribution < 1.29 is 4.79 Å². The first-order chi connectivity index (χ1) is 13.8. The number of benzene rings is 2. The second-order valence-corrected chi connectivity index (χ2v) is 8.41. The molecule has 0 atom stereocenters. The zero-order valence-corrected chi connectivity index (χ0v) is 17.9. The van der Waals surface area contributed by atoms with Crippen LogP contribution in [0.2, 0.25) is 15.1 Å². The van der Waals surface area contributed by atoms with Crippen LogP contribution in [0.25, 0.3) is 22.0 Å². The van der Waals surface area contributed by atoms with Crippen LogP contribution in [0.1, 0.15) is 25.8 Å². The summed E-state index contributed by atoms with van der Waals surface area (Å²) in [6, 6.07) is 10.5. The van der Waals surface area contributed by atoms with Gasteiger partial charge < -0.3 is 4.90 Å². The van der Waals surface area contributed by atoms with Crippen LogP contribution >= 0.6 is 34.8 Å². The Labute approximate surface area is 182 Å². The molecule has 150 valence electrons. The third-order valence-electron chi connectivity index (χ3n) is 5.34. The summed E-state index contributed by atoms with van der Waals surface area (Å²) in [5.41, 5.74) is 1.26. The maximum Gasteiger partial charge on any atom is 0.274 e. The molecule has 29 heavy (non-hydrogen) atoms. The minimum absolute atomic E-state index is 0.0468. The van der Waals surface area contributed by atoms with Gasteiger partial charge in [0.1, 0.15) is 0 Å². The molecule has 1 saturated heterocycles. The van der Waals surface area contributed by atoms with Crippen LogP contribution in [0.3, 0.4) is 0 Å². The van der Waals surface area contributed by atoms with Gasteiger partial charge in [0.2, 0.25) is 5.91 Å². The number of rotatable bonds is 2. The van der Waals surface area contributed by atoms with Gasteiger partial charge in [0.05, 0.1) is 27.2 Å². The standard InChI is InChI=1S/C21H18Cl3N3O2/c1-12(28)26-8-6-15(7-9-26)27-21(29)17-11-19(24)18(23)10-16(17)20(25-27)13-2-4-14(22)5-3-13/h2-5,10-11,15H,6-9H2,1H3. The van der Waals surface area contributed by atoms with E-state index in [1.165, 1.54) is 4.68 Å². The number of hydrogen-bond acceptors (Lipinski definition) is 3. The van der Waals surface area contributed by atoms with E-state index in [9.17, 15) is 9.59 Å². The van der Waals surface area contributed by atoms with Crippen molar-refractivity contribution in [2.75, 3.05) is 13.1 Å². The summed E-state index contributed by atoms with van der Waals surface area (Å²) in [5, 5.41) is 7.13. The summed E-state index contributed by atoms with van der Waals surface area (Å²) in [6.07, 6.45) is 1.33. The molecule has 0 spiro atoms. The fourth-order valence-electron chi connectivity index (χ4n) is 3.74. The summed E-state index contributed by atoms with van der Waals surface area (Å²) in [7, 11) is 0. The van der Waals surface area contributed by atoms with Gasteiger partial charge in [0.15, 0.2) is 0 Å². The normalized spacial score (nSPS) is 15.1. The van der Waals surface area contributed by atoms with Crippen molar-refractivity contribution in [2.24, 2.45) is 0 Å². The van der Waals surface area contributed by atoms with Crippen molar-refractivity contribution in [1.82, 2.24) is 14.7 Å². The molecule has 5 nitrogen and oxygen atoms in total. The zero-order valence-electron chi connectivity index (χ0n) is 15.7. The van der Waals surface area contributed by atoms with Crippen LogP contribution in [0.5, 0.6) is 0 Å². The summed E-state index contributed by atoms with van der Waals surface area (Å²) in [5.74, 6) is 0.0468. The van der Waals surface area contributed by atoms with E-state index < -0.39 is 0 Å². The number of piperidine rings is 1. The minimum atomic E-state index is -0.211. The van der Waals surface area contributed by atoms with E-state index in [0.717, 1.165) is 5.56 Å². The summed E-state index contributed by atoms with van der Waals surface area (Å²) >= 11 is 18.5.